The number of piperidine rings is 1. The Morgan fingerprint density at radius 1 is 1.12 bits per heavy atom. The molecule has 2 heterocycles. The van der Waals surface area contributed by atoms with Crippen molar-refractivity contribution in [3.63, 3.8) is 0 Å². The molecule has 1 aliphatic rings. The first-order chi connectivity index (χ1) is 12.6. The maximum Gasteiger partial charge on any atom is 0.313 e. The van der Waals surface area contributed by atoms with Crippen LogP contribution in [-0.4, -0.2) is 36.4 Å². The maximum absolute atomic E-state index is 12.0. The van der Waals surface area contributed by atoms with Gasteiger partial charge in [-0.2, -0.15) is 0 Å². The number of rotatable bonds is 4. The summed E-state index contributed by atoms with van der Waals surface area (Å²) in [6, 6.07) is 11.4. The van der Waals surface area contributed by atoms with Crippen molar-refractivity contribution in [2.24, 2.45) is 5.92 Å². The fourth-order valence-corrected chi connectivity index (χ4v) is 3.18. The lowest BCUT2D eigenvalue weighted by molar-refractivity contribution is -0.136. The van der Waals surface area contributed by atoms with E-state index in [1.807, 2.05) is 37.3 Å². The van der Waals surface area contributed by atoms with E-state index in [9.17, 15) is 9.59 Å². The third-order valence-electron chi connectivity index (χ3n) is 4.68. The van der Waals surface area contributed by atoms with E-state index in [0.29, 0.717) is 18.2 Å². The number of anilines is 2. The molecule has 1 aliphatic heterocycles. The van der Waals surface area contributed by atoms with Crippen molar-refractivity contribution in [3.05, 3.63) is 54.4 Å². The molecular weight excluding hydrogens is 328 g/mol. The van der Waals surface area contributed by atoms with Crippen LogP contribution in [0.15, 0.2) is 48.8 Å². The minimum absolute atomic E-state index is 0.392. The van der Waals surface area contributed by atoms with E-state index >= 15 is 0 Å². The molecular formula is C20H24N4O2. The number of pyridine rings is 1. The molecule has 1 fully saturated rings. The highest BCUT2D eigenvalue weighted by Gasteiger charge is 2.21. The van der Waals surface area contributed by atoms with Gasteiger partial charge in [0, 0.05) is 43.4 Å². The van der Waals surface area contributed by atoms with Crippen molar-refractivity contribution in [2.45, 2.75) is 19.8 Å². The first kappa shape index (κ1) is 17.9. The molecule has 26 heavy (non-hydrogen) atoms. The van der Waals surface area contributed by atoms with Gasteiger partial charge in [0.2, 0.25) is 0 Å². The topological polar surface area (TPSA) is 74.3 Å². The fraction of sp³-hybridized carbons (Fsp3) is 0.350. The highest BCUT2D eigenvalue weighted by atomic mass is 16.2. The molecule has 1 aromatic heterocycles. The minimum atomic E-state index is -0.621. The lowest BCUT2D eigenvalue weighted by Gasteiger charge is -2.33. The standard InChI is InChI=1S/C20H24N4O2/c1-15-3-2-4-17(13-15)23-20(26)19(25)22-14-16-7-11-24(12-8-16)18-5-9-21-10-6-18/h2-6,9-10,13,16H,7-8,11-12,14H2,1H3,(H,22,25)(H,23,26). The van der Waals surface area contributed by atoms with Crippen LogP contribution in [0.1, 0.15) is 18.4 Å². The number of hydrogen-bond acceptors (Lipinski definition) is 4. The molecule has 1 aromatic carbocycles. The number of amides is 2. The number of benzene rings is 1. The summed E-state index contributed by atoms with van der Waals surface area (Å²) in [5, 5.41) is 5.40. The summed E-state index contributed by atoms with van der Waals surface area (Å²) < 4.78 is 0. The van der Waals surface area contributed by atoms with Gasteiger partial charge in [0.25, 0.3) is 0 Å². The molecule has 0 unspecified atom stereocenters. The Kier molecular flexibility index (Phi) is 5.84. The molecule has 2 amide bonds. The predicted octanol–water partition coefficient (Wildman–Crippen LogP) is 2.36. The summed E-state index contributed by atoms with van der Waals surface area (Å²) in [6.07, 6.45) is 5.58. The molecule has 3 rings (SSSR count). The summed E-state index contributed by atoms with van der Waals surface area (Å²) >= 11 is 0. The second-order valence-electron chi connectivity index (χ2n) is 6.67. The maximum atomic E-state index is 12.0. The third-order valence-corrected chi connectivity index (χ3v) is 4.68. The molecule has 6 heteroatoms. The van der Waals surface area contributed by atoms with Crippen LogP contribution in [0.25, 0.3) is 0 Å². The summed E-state index contributed by atoms with van der Waals surface area (Å²) in [7, 11) is 0. The van der Waals surface area contributed by atoms with Crippen LogP contribution in [0, 0.1) is 12.8 Å². The van der Waals surface area contributed by atoms with Gasteiger partial charge in [0.05, 0.1) is 0 Å². The summed E-state index contributed by atoms with van der Waals surface area (Å²) in [6.45, 7) is 4.36. The Morgan fingerprint density at radius 2 is 1.85 bits per heavy atom. The quantitative estimate of drug-likeness (QED) is 0.829. The first-order valence-corrected chi connectivity index (χ1v) is 8.92. The van der Waals surface area contributed by atoms with Gasteiger partial charge in [0.15, 0.2) is 0 Å². The smallest absolute Gasteiger partial charge is 0.313 e. The predicted molar refractivity (Wildman–Crippen MR) is 102 cm³/mol. The van der Waals surface area contributed by atoms with Crippen LogP contribution in [0.5, 0.6) is 0 Å². The minimum Gasteiger partial charge on any atom is -0.371 e. The van der Waals surface area contributed by atoms with E-state index in [4.69, 9.17) is 0 Å². The van der Waals surface area contributed by atoms with E-state index in [1.54, 1.807) is 18.5 Å². The molecule has 0 bridgehead atoms. The normalized spacial score (nSPS) is 14.7. The Balaban J connectivity index is 1.42. The average molecular weight is 352 g/mol. The first-order valence-electron chi connectivity index (χ1n) is 8.92. The number of hydrogen-bond donors (Lipinski definition) is 2. The van der Waals surface area contributed by atoms with Gasteiger partial charge in [-0.3, -0.25) is 14.6 Å². The van der Waals surface area contributed by atoms with Gasteiger partial charge in [-0.15, -0.1) is 0 Å². The molecule has 6 nitrogen and oxygen atoms in total. The summed E-state index contributed by atoms with van der Waals surface area (Å²) in [4.78, 5) is 30.4. The van der Waals surface area contributed by atoms with E-state index in [1.165, 1.54) is 5.69 Å². The Hall–Kier alpha value is -2.89. The van der Waals surface area contributed by atoms with Crippen LogP contribution in [0.3, 0.4) is 0 Å². The molecule has 0 aliphatic carbocycles. The van der Waals surface area contributed by atoms with Gasteiger partial charge in [-0.1, -0.05) is 12.1 Å². The van der Waals surface area contributed by atoms with Gasteiger partial charge in [-0.25, -0.2) is 0 Å². The zero-order chi connectivity index (χ0) is 18.4. The highest BCUT2D eigenvalue weighted by molar-refractivity contribution is 6.39. The van der Waals surface area contributed by atoms with E-state index < -0.39 is 11.8 Å². The Labute approximate surface area is 153 Å². The van der Waals surface area contributed by atoms with Crippen LogP contribution < -0.4 is 15.5 Å². The van der Waals surface area contributed by atoms with E-state index in [2.05, 4.69) is 20.5 Å². The summed E-state index contributed by atoms with van der Waals surface area (Å²) in [5.74, 6) is -0.809. The lowest BCUT2D eigenvalue weighted by Crippen LogP contribution is -2.41. The second kappa shape index (κ2) is 8.47. The number of carbonyl (C=O) groups is 2. The number of nitrogens with one attached hydrogen (secondary N) is 2. The number of aryl methyl sites for hydroxylation is 1. The van der Waals surface area contributed by atoms with Crippen LogP contribution in [0.2, 0.25) is 0 Å². The zero-order valence-electron chi connectivity index (χ0n) is 14.9. The number of nitrogens with zero attached hydrogens (tertiary/aromatic N) is 2. The molecule has 2 N–H and O–H groups in total. The van der Waals surface area contributed by atoms with Crippen molar-refractivity contribution in [1.82, 2.24) is 10.3 Å². The molecule has 0 atom stereocenters. The second-order valence-corrected chi connectivity index (χ2v) is 6.67. The van der Waals surface area contributed by atoms with Crippen molar-refractivity contribution in [1.29, 1.82) is 0 Å². The fourth-order valence-electron chi connectivity index (χ4n) is 3.18. The van der Waals surface area contributed by atoms with Crippen molar-refractivity contribution >= 4 is 23.2 Å². The molecule has 136 valence electrons. The molecule has 0 radical (unpaired) electrons. The Morgan fingerprint density at radius 3 is 2.54 bits per heavy atom. The zero-order valence-corrected chi connectivity index (χ0v) is 14.9. The average Bonchev–Trinajstić information content (AvgIpc) is 2.67. The Bertz CT molecular complexity index is 755. The van der Waals surface area contributed by atoms with Crippen molar-refractivity contribution in [3.8, 4) is 0 Å². The van der Waals surface area contributed by atoms with Gasteiger partial charge in [-0.05, 0) is 55.5 Å². The van der Waals surface area contributed by atoms with Crippen LogP contribution >= 0.6 is 0 Å². The van der Waals surface area contributed by atoms with Gasteiger partial charge in [0.1, 0.15) is 0 Å². The van der Waals surface area contributed by atoms with Gasteiger partial charge < -0.3 is 15.5 Å². The van der Waals surface area contributed by atoms with Crippen LogP contribution in [0.4, 0.5) is 11.4 Å². The molecule has 1 saturated heterocycles. The van der Waals surface area contributed by atoms with Crippen molar-refractivity contribution in [2.75, 3.05) is 29.9 Å². The third kappa shape index (κ3) is 4.81. The number of carbonyl (C=O) groups excluding carboxylic acids is 2. The van der Waals surface area contributed by atoms with E-state index in [-0.39, 0.29) is 0 Å². The van der Waals surface area contributed by atoms with Crippen molar-refractivity contribution < 1.29 is 9.59 Å². The highest BCUT2D eigenvalue weighted by Crippen LogP contribution is 2.22. The van der Waals surface area contributed by atoms with E-state index in [0.717, 1.165) is 31.5 Å². The summed E-state index contributed by atoms with van der Waals surface area (Å²) in [5.41, 5.74) is 2.85. The molecule has 0 spiro atoms. The molecule has 2 aromatic rings. The van der Waals surface area contributed by atoms with Gasteiger partial charge >= 0.3 is 11.8 Å². The monoisotopic (exact) mass is 352 g/mol. The molecule has 0 saturated carbocycles. The SMILES string of the molecule is Cc1cccc(NC(=O)C(=O)NCC2CCN(c3ccncc3)CC2)c1. The lowest BCUT2D eigenvalue weighted by atomic mass is 9.96. The number of aromatic nitrogens is 1. The van der Waals surface area contributed by atoms with Crippen LogP contribution in [-0.2, 0) is 9.59 Å². The largest absolute Gasteiger partial charge is 0.371 e.